The van der Waals surface area contributed by atoms with Crippen LogP contribution >= 0.6 is 11.6 Å². The zero-order valence-corrected chi connectivity index (χ0v) is 26.9. The van der Waals surface area contributed by atoms with Gasteiger partial charge in [0.15, 0.2) is 8.32 Å². The predicted octanol–water partition coefficient (Wildman–Crippen LogP) is 8.28. The van der Waals surface area contributed by atoms with Crippen LogP contribution in [-0.4, -0.2) is 42.3 Å². The highest BCUT2D eigenvalue weighted by molar-refractivity contribution is 6.74. The number of carbonyl (C=O) groups is 1. The lowest BCUT2D eigenvalue weighted by Crippen LogP contribution is -2.44. The molecule has 0 saturated carbocycles. The number of ether oxygens (including phenoxy) is 2. The summed E-state index contributed by atoms with van der Waals surface area (Å²) >= 11 is 6.84. The summed E-state index contributed by atoms with van der Waals surface area (Å²) in [5.41, 5.74) is 5.07. The molecule has 1 atom stereocenters. The molecule has 0 amide bonds. The lowest BCUT2D eigenvalue weighted by atomic mass is 10.00. The van der Waals surface area contributed by atoms with Gasteiger partial charge in [-0.3, -0.25) is 4.68 Å². The van der Waals surface area contributed by atoms with Crippen molar-refractivity contribution in [2.45, 2.75) is 72.0 Å². The maximum absolute atomic E-state index is 13.2. The lowest BCUT2D eigenvalue weighted by Gasteiger charge is -2.38. The number of aromatic nitrogens is 3. The van der Waals surface area contributed by atoms with Gasteiger partial charge in [-0.15, -0.1) is 0 Å². The standard InChI is InChI=1S/C32H40ClN3O4Si/c1-21(40-41(7,8)32(3,4)5)19-36-22(2)25(18-35-36)30-28(31(37)38-6)26(17-34-30)24-15-12-16-27(29(24)33)39-20-23-13-10-9-11-14-23/h9-18,21,34H,19-20H2,1-8H3/t21-/m0/s1. The van der Waals surface area contributed by atoms with Crippen molar-refractivity contribution in [1.29, 1.82) is 0 Å². The Balaban J connectivity index is 1.65. The van der Waals surface area contributed by atoms with Crippen LogP contribution in [-0.2, 0) is 22.3 Å². The van der Waals surface area contributed by atoms with Crippen molar-refractivity contribution in [3.05, 3.63) is 82.8 Å². The van der Waals surface area contributed by atoms with Gasteiger partial charge >= 0.3 is 5.97 Å². The number of carbonyl (C=O) groups excluding carboxylic acids is 1. The van der Waals surface area contributed by atoms with E-state index in [1.165, 1.54) is 7.11 Å². The van der Waals surface area contributed by atoms with Crippen LogP contribution in [0.5, 0.6) is 5.75 Å². The van der Waals surface area contributed by atoms with Crippen LogP contribution in [0.1, 0.15) is 49.3 Å². The highest BCUT2D eigenvalue weighted by Crippen LogP contribution is 2.41. The minimum Gasteiger partial charge on any atom is -0.487 e. The number of benzene rings is 2. The van der Waals surface area contributed by atoms with Gasteiger partial charge in [-0.2, -0.15) is 5.10 Å². The van der Waals surface area contributed by atoms with Crippen molar-refractivity contribution in [3.63, 3.8) is 0 Å². The molecule has 0 saturated heterocycles. The molecular formula is C32H40ClN3O4Si. The first kappa shape index (κ1) is 30.6. The molecule has 0 bridgehead atoms. The Labute approximate surface area is 248 Å². The maximum Gasteiger partial charge on any atom is 0.340 e. The Morgan fingerprint density at radius 3 is 2.44 bits per heavy atom. The Morgan fingerprint density at radius 2 is 1.78 bits per heavy atom. The number of methoxy groups -OCH3 is 1. The van der Waals surface area contributed by atoms with E-state index < -0.39 is 14.3 Å². The summed E-state index contributed by atoms with van der Waals surface area (Å²) < 4.78 is 19.7. The van der Waals surface area contributed by atoms with Crippen molar-refractivity contribution in [1.82, 2.24) is 14.8 Å². The molecule has 4 rings (SSSR count). The molecule has 1 N–H and O–H groups in total. The Hall–Kier alpha value is -3.33. The molecule has 4 aromatic rings. The van der Waals surface area contributed by atoms with E-state index in [2.05, 4.69) is 50.9 Å². The van der Waals surface area contributed by atoms with Gasteiger partial charge in [-0.25, -0.2) is 4.79 Å². The van der Waals surface area contributed by atoms with Gasteiger partial charge in [-0.05, 0) is 43.6 Å². The second-order valence-corrected chi connectivity index (χ2v) is 17.0. The fourth-order valence-corrected chi connectivity index (χ4v) is 6.28. The number of nitrogens with zero attached hydrogens (tertiary/aromatic N) is 2. The molecule has 0 aliphatic heterocycles. The van der Waals surface area contributed by atoms with E-state index in [9.17, 15) is 4.79 Å². The Bertz CT molecular complexity index is 1510. The van der Waals surface area contributed by atoms with Crippen molar-refractivity contribution in [3.8, 4) is 28.1 Å². The molecule has 0 radical (unpaired) electrons. The highest BCUT2D eigenvalue weighted by Gasteiger charge is 2.38. The average Bonchev–Trinajstić information content (AvgIpc) is 3.50. The Kier molecular flexibility index (Phi) is 9.16. The number of hydrogen-bond donors (Lipinski definition) is 1. The average molecular weight is 594 g/mol. The number of halogens is 1. The van der Waals surface area contributed by atoms with Gasteiger partial charge in [0.2, 0.25) is 0 Å². The van der Waals surface area contributed by atoms with Crippen LogP contribution in [0.4, 0.5) is 0 Å². The second kappa shape index (κ2) is 12.3. The van der Waals surface area contributed by atoms with Gasteiger partial charge in [0.25, 0.3) is 0 Å². The van der Waals surface area contributed by atoms with E-state index in [0.717, 1.165) is 16.8 Å². The van der Waals surface area contributed by atoms with Gasteiger partial charge in [0.1, 0.15) is 12.4 Å². The van der Waals surface area contributed by atoms with Crippen molar-refractivity contribution in [2.75, 3.05) is 7.11 Å². The monoisotopic (exact) mass is 593 g/mol. The predicted molar refractivity (Wildman–Crippen MR) is 167 cm³/mol. The highest BCUT2D eigenvalue weighted by atomic mass is 35.5. The molecule has 2 heterocycles. The first-order chi connectivity index (χ1) is 19.3. The smallest absolute Gasteiger partial charge is 0.340 e. The number of hydrogen-bond acceptors (Lipinski definition) is 5. The van der Waals surface area contributed by atoms with E-state index in [-0.39, 0.29) is 11.1 Å². The van der Waals surface area contributed by atoms with Crippen LogP contribution in [0.25, 0.3) is 22.4 Å². The largest absolute Gasteiger partial charge is 0.487 e. The molecular weight excluding hydrogens is 554 g/mol. The quantitative estimate of drug-likeness (QED) is 0.148. The zero-order valence-electron chi connectivity index (χ0n) is 25.2. The molecule has 2 aromatic carbocycles. The van der Waals surface area contributed by atoms with E-state index in [4.69, 9.17) is 25.5 Å². The van der Waals surface area contributed by atoms with Crippen LogP contribution in [0, 0.1) is 6.92 Å². The minimum atomic E-state index is -1.93. The number of esters is 1. The SMILES string of the molecule is COC(=O)c1c(-c2cccc(OCc3ccccc3)c2Cl)c[nH]c1-c1cnn(C[C@H](C)O[Si](C)(C)C(C)(C)C)c1C. The third kappa shape index (κ3) is 6.61. The molecule has 9 heteroatoms. The molecule has 0 spiro atoms. The summed E-state index contributed by atoms with van der Waals surface area (Å²) in [5, 5.41) is 5.19. The zero-order chi connectivity index (χ0) is 29.9. The molecule has 0 unspecified atom stereocenters. The summed E-state index contributed by atoms with van der Waals surface area (Å²) in [6, 6.07) is 15.4. The third-order valence-electron chi connectivity index (χ3n) is 7.86. The molecule has 41 heavy (non-hydrogen) atoms. The summed E-state index contributed by atoms with van der Waals surface area (Å²) in [4.78, 5) is 16.5. The summed E-state index contributed by atoms with van der Waals surface area (Å²) in [5.74, 6) is 0.0657. The fourth-order valence-electron chi connectivity index (χ4n) is 4.56. The first-order valence-electron chi connectivity index (χ1n) is 13.8. The van der Waals surface area contributed by atoms with Gasteiger partial charge in [0.05, 0.1) is 42.2 Å². The van der Waals surface area contributed by atoms with Gasteiger partial charge in [0, 0.05) is 28.6 Å². The number of H-pyrrole nitrogens is 1. The number of aromatic amines is 1. The maximum atomic E-state index is 13.2. The lowest BCUT2D eigenvalue weighted by molar-refractivity contribution is 0.0602. The minimum absolute atomic E-state index is 0.0148. The van der Waals surface area contributed by atoms with Crippen LogP contribution in [0.15, 0.2) is 60.9 Å². The van der Waals surface area contributed by atoms with E-state index in [1.54, 1.807) is 12.4 Å². The van der Waals surface area contributed by atoms with E-state index in [1.807, 2.05) is 60.1 Å². The Morgan fingerprint density at radius 1 is 1.07 bits per heavy atom. The summed E-state index contributed by atoms with van der Waals surface area (Å²) in [6.45, 7) is 16.3. The normalized spacial score (nSPS) is 12.8. The van der Waals surface area contributed by atoms with Gasteiger partial charge in [-0.1, -0.05) is 74.8 Å². The number of rotatable bonds is 10. The van der Waals surface area contributed by atoms with Crippen molar-refractivity contribution < 1.29 is 18.7 Å². The molecule has 2 aromatic heterocycles. The number of nitrogens with one attached hydrogen (secondary N) is 1. The van der Waals surface area contributed by atoms with Crippen LogP contribution < -0.4 is 4.74 Å². The van der Waals surface area contributed by atoms with Crippen molar-refractivity contribution >= 4 is 25.9 Å². The third-order valence-corrected chi connectivity index (χ3v) is 12.9. The van der Waals surface area contributed by atoms with Gasteiger partial charge < -0.3 is 18.9 Å². The van der Waals surface area contributed by atoms with Crippen LogP contribution in [0.2, 0.25) is 23.2 Å². The topological polar surface area (TPSA) is 78.4 Å². The second-order valence-electron chi connectivity index (χ2n) is 11.9. The van der Waals surface area contributed by atoms with E-state index >= 15 is 0 Å². The fraction of sp³-hybridized carbons (Fsp3) is 0.375. The first-order valence-corrected chi connectivity index (χ1v) is 17.1. The summed E-state index contributed by atoms with van der Waals surface area (Å²) in [7, 11) is -0.551. The molecule has 0 aliphatic carbocycles. The molecule has 0 fully saturated rings. The van der Waals surface area contributed by atoms with Crippen molar-refractivity contribution in [2.24, 2.45) is 0 Å². The molecule has 0 aliphatic rings. The summed E-state index contributed by atoms with van der Waals surface area (Å²) in [6.07, 6.45) is 3.54. The van der Waals surface area contributed by atoms with E-state index in [0.29, 0.717) is 46.3 Å². The molecule has 218 valence electrons. The molecule has 7 nitrogen and oxygen atoms in total. The van der Waals surface area contributed by atoms with Crippen LogP contribution in [0.3, 0.4) is 0 Å².